The quantitative estimate of drug-likeness (QED) is 0.353. The summed E-state index contributed by atoms with van der Waals surface area (Å²) in [4.78, 5) is 39.3. The number of esters is 1. The number of para-hydroxylation sites is 1. The minimum absolute atomic E-state index is 0.0409. The lowest BCUT2D eigenvalue weighted by molar-refractivity contribution is -0.150. The van der Waals surface area contributed by atoms with Crippen LogP contribution >= 0.6 is 0 Å². The van der Waals surface area contributed by atoms with Gasteiger partial charge >= 0.3 is 5.97 Å². The zero-order valence-corrected chi connectivity index (χ0v) is 18.3. The average Bonchev–Trinajstić information content (AvgIpc) is 2.78. The predicted molar refractivity (Wildman–Crippen MR) is 117 cm³/mol. The molecule has 31 heavy (non-hydrogen) atoms. The molecule has 0 spiro atoms. The molecule has 164 valence electrons. The zero-order chi connectivity index (χ0) is 22.4. The summed E-state index contributed by atoms with van der Waals surface area (Å²) in [6.07, 6.45) is 2.51. The number of ether oxygens (including phenoxy) is 2. The molecule has 6 heteroatoms. The van der Waals surface area contributed by atoms with Gasteiger partial charge in [0.2, 0.25) is 5.91 Å². The summed E-state index contributed by atoms with van der Waals surface area (Å²) >= 11 is 0. The van der Waals surface area contributed by atoms with Crippen LogP contribution in [0.15, 0.2) is 48.5 Å². The minimum Gasteiger partial charge on any atom is -0.496 e. The molecule has 0 bridgehead atoms. The maximum Gasteiger partial charge on any atom is 0.316 e. The summed E-state index contributed by atoms with van der Waals surface area (Å²) in [5.41, 5.74) is 1.36. The zero-order valence-electron chi connectivity index (χ0n) is 18.3. The van der Waals surface area contributed by atoms with E-state index < -0.39 is 12.0 Å². The molecule has 0 aromatic heterocycles. The third-order valence-electron chi connectivity index (χ3n) is 5.70. The van der Waals surface area contributed by atoms with Crippen molar-refractivity contribution in [3.63, 3.8) is 0 Å². The average molecular weight is 424 g/mol. The van der Waals surface area contributed by atoms with Gasteiger partial charge in [0.25, 0.3) is 0 Å². The highest BCUT2D eigenvalue weighted by Gasteiger charge is 2.42. The van der Waals surface area contributed by atoms with Crippen molar-refractivity contribution in [3.05, 3.63) is 59.7 Å². The van der Waals surface area contributed by atoms with Gasteiger partial charge in [0, 0.05) is 24.1 Å². The highest BCUT2D eigenvalue weighted by Crippen LogP contribution is 2.41. The van der Waals surface area contributed by atoms with Crippen molar-refractivity contribution in [2.75, 3.05) is 13.7 Å². The van der Waals surface area contributed by atoms with Gasteiger partial charge in [0.1, 0.15) is 11.5 Å². The summed E-state index contributed by atoms with van der Waals surface area (Å²) < 4.78 is 11.2. The molecule has 3 rings (SSSR count). The summed E-state index contributed by atoms with van der Waals surface area (Å²) in [7, 11) is 1.59. The summed E-state index contributed by atoms with van der Waals surface area (Å²) in [5, 5.41) is 0. The second-order valence-corrected chi connectivity index (χ2v) is 7.77. The Balaban J connectivity index is 1.92. The number of methoxy groups -OCH3 is 1. The number of hydrogen-bond acceptors (Lipinski definition) is 5. The first-order chi connectivity index (χ1) is 15.0. The summed E-state index contributed by atoms with van der Waals surface area (Å²) in [6.45, 7) is 4.14. The van der Waals surface area contributed by atoms with Crippen LogP contribution in [0.25, 0.3) is 0 Å². The molecular formula is C25H29NO5. The molecule has 1 aliphatic heterocycles. The van der Waals surface area contributed by atoms with E-state index in [0.29, 0.717) is 36.4 Å². The van der Waals surface area contributed by atoms with Crippen molar-refractivity contribution >= 4 is 17.7 Å². The number of piperidine rings is 1. The lowest BCUT2D eigenvalue weighted by atomic mass is 9.83. The number of ketones is 1. The minimum atomic E-state index is -0.515. The van der Waals surface area contributed by atoms with E-state index >= 15 is 0 Å². The van der Waals surface area contributed by atoms with Crippen molar-refractivity contribution in [1.82, 2.24) is 4.90 Å². The molecule has 6 nitrogen and oxygen atoms in total. The second-order valence-electron chi connectivity index (χ2n) is 7.77. The fraction of sp³-hybridized carbons (Fsp3) is 0.400. The molecule has 1 aliphatic rings. The normalized spacial score (nSPS) is 18.5. The van der Waals surface area contributed by atoms with Gasteiger partial charge in [-0.1, -0.05) is 31.5 Å². The summed E-state index contributed by atoms with van der Waals surface area (Å²) in [5.74, 6) is 0.114. The largest absolute Gasteiger partial charge is 0.496 e. The molecule has 1 heterocycles. The van der Waals surface area contributed by atoms with Gasteiger partial charge in [-0.25, -0.2) is 0 Å². The molecule has 0 unspecified atom stereocenters. The lowest BCUT2D eigenvalue weighted by Gasteiger charge is -2.40. The van der Waals surface area contributed by atoms with Crippen LogP contribution in [0.3, 0.4) is 0 Å². The van der Waals surface area contributed by atoms with Crippen LogP contribution in [-0.4, -0.2) is 36.2 Å². The molecule has 2 aromatic carbocycles. The first-order valence-electron chi connectivity index (χ1n) is 10.7. The van der Waals surface area contributed by atoms with Crippen LogP contribution in [0.2, 0.25) is 0 Å². The number of nitrogens with zero attached hydrogens (tertiary/aromatic N) is 1. The Labute approximate surface area is 183 Å². The fourth-order valence-corrected chi connectivity index (χ4v) is 4.04. The van der Waals surface area contributed by atoms with Gasteiger partial charge < -0.3 is 14.4 Å². The third kappa shape index (κ3) is 5.13. The molecule has 1 amide bonds. The molecule has 0 saturated carbocycles. The van der Waals surface area contributed by atoms with E-state index in [0.717, 1.165) is 18.4 Å². The highest BCUT2D eigenvalue weighted by molar-refractivity contribution is 5.94. The molecule has 2 atom stereocenters. The van der Waals surface area contributed by atoms with Gasteiger partial charge in [-0.2, -0.15) is 0 Å². The number of amides is 1. The molecule has 0 aliphatic carbocycles. The molecule has 1 saturated heterocycles. The van der Waals surface area contributed by atoms with Crippen LogP contribution in [-0.2, 0) is 9.59 Å². The van der Waals surface area contributed by atoms with E-state index in [-0.39, 0.29) is 17.7 Å². The Morgan fingerprint density at radius 3 is 2.45 bits per heavy atom. The topological polar surface area (TPSA) is 72.9 Å². The van der Waals surface area contributed by atoms with Gasteiger partial charge in [-0.15, -0.1) is 0 Å². The Hall–Kier alpha value is -3.15. The molecule has 0 N–H and O–H groups in total. The van der Waals surface area contributed by atoms with Crippen molar-refractivity contribution in [3.8, 4) is 11.5 Å². The van der Waals surface area contributed by atoms with Crippen LogP contribution in [0, 0.1) is 5.92 Å². The monoisotopic (exact) mass is 423 g/mol. The van der Waals surface area contributed by atoms with Crippen molar-refractivity contribution < 1.29 is 23.9 Å². The van der Waals surface area contributed by atoms with E-state index in [4.69, 9.17) is 9.47 Å². The first-order valence-corrected chi connectivity index (χ1v) is 10.7. The number of hydrogen-bond donors (Lipinski definition) is 0. The standard InChI is InChI=1S/C25H29NO5/c1-4-5-16-26-23(28)15-14-21(24(26)20-8-6-7-9-22(20)30-3)25(29)31-19-12-10-18(11-13-19)17(2)27/h6-13,21,24H,4-5,14-16H2,1-3H3/t21-,24+/m1/s1. The fourth-order valence-electron chi connectivity index (χ4n) is 4.04. The first kappa shape index (κ1) is 22.5. The van der Waals surface area contributed by atoms with Gasteiger partial charge in [0.15, 0.2) is 5.78 Å². The van der Waals surface area contributed by atoms with E-state index in [1.54, 1.807) is 36.3 Å². The number of rotatable bonds is 8. The maximum atomic E-state index is 13.2. The SMILES string of the molecule is CCCCN1C(=O)CC[C@@H](C(=O)Oc2ccc(C(C)=O)cc2)[C@@H]1c1ccccc1OC. The Bertz CT molecular complexity index is 937. The predicted octanol–water partition coefficient (Wildman–Crippen LogP) is 4.58. The molecule has 2 aromatic rings. The van der Waals surface area contributed by atoms with E-state index in [2.05, 4.69) is 6.92 Å². The van der Waals surface area contributed by atoms with Gasteiger partial charge in [0.05, 0.1) is 19.1 Å². The Morgan fingerprint density at radius 1 is 1.10 bits per heavy atom. The molecular weight excluding hydrogens is 394 g/mol. The van der Waals surface area contributed by atoms with Crippen LogP contribution in [0.4, 0.5) is 0 Å². The summed E-state index contributed by atoms with van der Waals surface area (Å²) in [6, 6.07) is 13.6. The van der Waals surface area contributed by atoms with Crippen molar-refractivity contribution in [1.29, 1.82) is 0 Å². The van der Waals surface area contributed by atoms with E-state index in [9.17, 15) is 14.4 Å². The number of benzene rings is 2. The highest BCUT2D eigenvalue weighted by atomic mass is 16.5. The maximum absolute atomic E-state index is 13.2. The van der Waals surface area contributed by atoms with Crippen LogP contribution in [0.1, 0.15) is 61.5 Å². The Morgan fingerprint density at radius 2 is 1.81 bits per heavy atom. The number of carbonyl (C=O) groups excluding carboxylic acids is 3. The Kier molecular flexibility index (Phi) is 7.45. The lowest BCUT2D eigenvalue weighted by Crippen LogP contribution is -2.46. The number of carbonyl (C=O) groups is 3. The van der Waals surface area contributed by atoms with Gasteiger partial charge in [-0.3, -0.25) is 14.4 Å². The second kappa shape index (κ2) is 10.2. The number of unbranched alkanes of at least 4 members (excludes halogenated alkanes) is 1. The van der Waals surface area contributed by atoms with E-state index in [1.165, 1.54) is 6.92 Å². The van der Waals surface area contributed by atoms with E-state index in [1.807, 2.05) is 24.3 Å². The smallest absolute Gasteiger partial charge is 0.316 e. The third-order valence-corrected chi connectivity index (χ3v) is 5.70. The molecule has 0 radical (unpaired) electrons. The van der Waals surface area contributed by atoms with Crippen molar-refractivity contribution in [2.24, 2.45) is 5.92 Å². The van der Waals surface area contributed by atoms with Crippen LogP contribution < -0.4 is 9.47 Å². The van der Waals surface area contributed by atoms with Crippen LogP contribution in [0.5, 0.6) is 11.5 Å². The van der Waals surface area contributed by atoms with Gasteiger partial charge in [-0.05, 0) is 50.1 Å². The number of Topliss-reactive ketones (excluding diaryl/α,β-unsaturated/α-hetero) is 1. The number of likely N-dealkylation sites (tertiary alicyclic amines) is 1. The van der Waals surface area contributed by atoms with Crippen molar-refractivity contribution in [2.45, 2.75) is 45.6 Å². The molecule has 1 fully saturated rings.